The first-order valence-corrected chi connectivity index (χ1v) is 10.9. The maximum absolute atomic E-state index is 13.4. The average Bonchev–Trinajstić information content (AvgIpc) is 3.33. The molecular formula is C22H25Cl2FN2O2S. The van der Waals surface area contributed by atoms with Gasteiger partial charge in [0, 0.05) is 34.2 Å². The van der Waals surface area contributed by atoms with Gasteiger partial charge in [0.1, 0.15) is 5.82 Å². The summed E-state index contributed by atoms with van der Waals surface area (Å²) in [5.41, 5.74) is 2.46. The van der Waals surface area contributed by atoms with E-state index in [-0.39, 0.29) is 30.6 Å². The lowest BCUT2D eigenvalue weighted by Gasteiger charge is -2.32. The zero-order chi connectivity index (χ0) is 19.1. The molecule has 3 aromatic rings. The molecule has 0 amide bonds. The van der Waals surface area contributed by atoms with E-state index in [4.69, 9.17) is 4.52 Å². The molecule has 1 aliphatic heterocycles. The van der Waals surface area contributed by atoms with Gasteiger partial charge in [-0.05, 0) is 74.8 Å². The van der Waals surface area contributed by atoms with Crippen LogP contribution in [0.25, 0.3) is 11.0 Å². The first-order chi connectivity index (χ1) is 13.7. The van der Waals surface area contributed by atoms with Crippen molar-refractivity contribution >= 4 is 52.9 Å². The molecule has 8 heteroatoms. The summed E-state index contributed by atoms with van der Waals surface area (Å²) in [4.78, 5) is 16.0. The number of likely N-dealkylation sites (tertiary alicyclic amines) is 1. The number of carbonyl (C=O) groups is 1. The highest BCUT2D eigenvalue weighted by Crippen LogP contribution is 2.34. The van der Waals surface area contributed by atoms with Crippen LogP contribution in [-0.4, -0.2) is 35.5 Å². The monoisotopic (exact) mass is 470 g/mol. The summed E-state index contributed by atoms with van der Waals surface area (Å²) < 4.78 is 18.7. The number of ketones is 1. The van der Waals surface area contributed by atoms with Crippen LogP contribution in [0.3, 0.4) is 0 Å². The number of fused-ring (bicyclic) bond motifs is 2. The number of benzene rings is 1. The third-order valence-electron chi connectivity index (χ3n) is 6.28. The molecule has 2 aliphatic rings. The smallest absolute Gasteiger partial charge is 0.170 e. The summed E-state index contributed by atoms with van der Waals surface area (Å²) in [7, 11) is 0. The number of piperidine rings is 1. The topological polar surface area (TPSA) is 46.3 Å². The van der Waals surface area contributed by atoms with E-state index in [0.717, 1.165) is 62.0 Å². The Balaban J connectivity index is 0.00000128. The van der Waals surface area contributed by atoms with E-state index in [0.29, 0.717) is 29.6 Å². The van der Waals surface area contributed by atoms with Crippen molar-refractivity contribution in [3.05, 3.63) is 51.6 Å². The summed E-state index contributed by atoms with van der Waals surface area (Å²) in [5.74, 6) is 0.875. The number of thiophene rings is 1. The van der Waals surface area contributed by atoms with Gasteiger partial charge in [0.15, 0.2) is 11.4 Å². The predicted octanol–water partition coefficient (Wildman–Crippen LogP) is 5.89. The molecule has 0 bridgehead atoms. The molecule has 3 heterocycles. The second-order valence-corrected chi connectivity index (χ2v) is 9.07. The van der Waals surface area contributed by atoms with E-state index in [1.807, 2.05) is 11.4 Å². The third kappa shape index (κ3) is 4.57. The van der Waals surface area contributed by atoms with Crippen LogP contribution < -0.4 is 0 Å². The van der Waals surface area contributed by atoms with Gasteiger partial charge in [0.25, 0.3) is 0 Å². The molecule has 5 rings (SSSR count). The quantitative estimate of drug-likeness (QED) is 0.476. The van der Waals surface area contributed by atoms with Gasteiger partial charge < -0.3 is 9.42 Å². The minimum Gasteiger partial charge on any atom is -0.356 e. The van der Waals surface area contributed by atoms with Crippen LogP contribution in [0.2, 0.25) is 0 Å². The second-order valence-electron chi connectivity index (χ2n) is 8.07. The maximum atomic E-state index is 13.4. The number of Topliss-reactive ketones (excluding diaryl/α,β-unsaturated/α-hetero) is 1. The third-order valence-corrected chi connectivity index (χ3v) is 7.23. The summed E-state index contributed by atoms with van der Waals surface area (Å²) in [6.45, 7) is 3.12. The van der Waals surface area contributed by atoms with E-state index in [9.17, 15) is 9.18 Å². The van der Waals surface area contributed by atoms with Gasteiger partial charge >= 0.3 is 0 Å². The minimum absolute atomic E-state index is 0. The molecule has 1 aromatic carbocycles. The molecule has 2 aromatic heterocycles. The Morgan fingerprint density at radius 1 is 1.17 bits per heavy atom. The van der Waals surface area contributed by atoms with Crippen LogP contribution in [0.5, 0.6) is 0 Å². The highest BCUT2D eigenvalue weighted by Gasteiger charge is 2.28. The molecular weight excluding hydrogens is 446 g/mol. The standard InChI is InChI=1S/C22H23FN2O2S.2ClH/c23-16-1-2-18-20(13-16)27-24-22(18)15-4-8-25(9-5-15)7-3-14-11-19(26)17-6-10-28-21(17)12-14;;/h1-2,6,10,13-15H,3-5,7-9,11-12H2;2*1H. The normalized spacial score (nSPS) is 19.9. The van der Waals surface area contributed by atoms with E-state index < -0.39 is 0 Å². The molecule has 0 N–H and O–H groups in total. The zero-order valence-corrected chi connectivity index (χ0v) is 19.0. The minimum atomic E-state index is -0.291. The Morgan fingerprint density at radius 3 is 2.77 bits per heavy atom. The zero-order valence-electron chi connectivity index (χ0n) is 16.5. The van der Waals surface area contributed by atoms with Gasteiger partial charge in [-0.15, -0.1) is 36.2 Å². The van der Waals surface area contributed by atoms with Gasteiger partial charge in [0.2, 0.25) is 0 Å². The fraction of sp³-hybridized carbons (Fsp3) is 0.455. The summed E-state index contributed by atoms with van der Waals surface area (Å²) in [6.07, 6.45) is 4.91. The Labute approximate surface area is 191 Å². The average molecular weight is 471 g/mol. The van der Waals surface area contributed by atoms with Crippen LogP contribution in [0, 0.1) is 11.7 Å². The summed E-state index contributed by atoms with van der Waals surface area (Å²) in [5, 5.41) is 7.21. The van der Waals surface area contributed by atoms with Gasteiger partial charge in [-0.25, -0.2) is 4.39 Å². The lowest BCUT2D eigenvalue weighted by molar-refractivity contribution is 0.0940. The Morgan fingerprint density at radius 2 is 1.97 bits per heavy atom. The largest absolute Gasteiger partial charge is 0.356 e. The number of rotatable bonds is 4. The van der Waals surface area contributed by atoms with Crippen molar-refractivity contribution in [2.24, 2.45) is 5.92 Å². The lowest BCUT2D eigenvalue weighted by Crippen LogP contribution is -2.35. The summed E-state index contributed by atoms with van der Waals surface area (Å²) in [6, 6.07) is 6.64. The van der Waals surface area contributed by atoms with E-state index >= 15 is 0 Å². The number of aromatic nitrogens is 1. The van der Waals surface area contributed by atoms with E-state index in [2.05, 4.69) is 10.1 Å². The first-order valence-electron chi connectivity index (χ1n) is 10.0. The van der Waals surface area contributed by atoms with Crippen LogP contribution >= 0.6 is 36.2 Å². The Kier molecular flexibility index (Phi) is 7.56. The number of carbonyl (C=O) groups excluding carboxylic acids is 1. The van der Waals surface area contributed by atoms with Crippen molar-refractivity contribution in [2.75, 3.05) is 19.6 Å². The van der Waals surface area contributed by atoms with E-state index in [1.54, 1.807) is 17.4 Å². The van der Waals surface area contributed by atoms with Crippen molar-refractivity contribution in [3.8, 4) is 0 Å². The summed E-state index contributed by atoms with van der Waals surface area (Å²) >= 11 is 1.72. The Bertz CT molecular complexity index is 1010. The maximum Gasteiger partial charge on any atom is 0.170 e. The molecule has 0 radical (unpaired) electrons. The number of hydrogen-bond donors (Lipinski definition) is 0. The fourth-order valence-corrected chi connectivity index (χ4v) is 5.69. The molecule has 1 unspecified atom stereocenters. The number of nitrogens with zero attached hydrogens (tertiary/aromatic N) is 2. The second kappa shape index (κ2) is 9.77. The van der Waals surface area contributed by atoms with Gasteiger partial charge in [-0.2, -0.15) is 0 Å². The van der Waals surface area contributed by atoms with Gasteiger partial charge in [0.05, 0.1) is 5.69 Å². The van der Waals surface area contributed by atoms with E-state index in [1.165, 1.54) is 17.0 Å². The van der Waals surface area contributed by atoms with Crippen LogP contribution in [0.1, 0.15) is 52.5 Å². The molecule has 1 saturated heterocycles. The molecule has 1 aliphatic carbocycles. The van der Waals surface area contributed by atoms with Crippen molar-refractivity contribution in [1.29, 1.82) is 0 Å². The molecule has 30 heavy (non-hydrogen) atoms. The van der Waals surface area contributed by atoms with Crippen LogP contribution in [0.4, 0.5) is 4.39 Å². The molecule has 0 spiro atoms. The molecule has 4 nitrogen and oxygen atoms in total. The number of hydrogen-bond acceptors (Lipinski definition) is 5. The van der Waals surface area contributed by atoms with Crippen molar-refractivity contribution in [1.82, 2.24) is 10.1 Å². The van der Waals surface area contributed by atoms with Crippen molar-refractivity contribution in [2.45, 2.75) is 38.0 Å². The molecule has 1 fully saturated rings. The molecule has 162 valence electrons. The van der Waals surface area contributed by atoms with Crippen LogP contribution in [0.15, 0.2) is 34.2 Å². The van der Waals surface area contributed by atoms with Gasteiger partial charge in [-0.1, -0.05) is 5.16 Å². The highest BCUT2D eigenvalue weighted by molar-refractivity contribution is 7.10. The molecule has 0 saturated carbocycles. The Hall–Kier alpha value is -1.47. The number of halogens is 3. The fourth-order valence-electron chi connectivity index (χ4n) is 4.68. The van der Waals surface area contributed by atoms with Gasteiger partial charge in [-0.3, -0.25) is 4.79 Å². The van der Waals surface area contributed by atoms with Crippen molar-refractivity contribution in [3.63, 3.8) is 0 Å². The lowest BCUT2D eigenvalue weighted by atomic mass is 9.85. The highest BCUT2D eigenvalue weighted by atomic mass is 35.5. The predicted molar refractivity (Wildman–Crippen MR) is 122 cm³/mol. The van der Waals surface area contributed by atoms with Crippen LogP contribution in [-0.2, 0) is 6.42 Å². The first kappa shape index (κ1) is 23.2. The van der Waals surface area contributed by atoms with Crippen molar-refractivity contribution < 1.29 is 13.7 Å². The molecule has 1 atom stereocenters. The SMILES string of the molecule is Cl.Cl.O=C1CC(CCN2CCC(c3noc4cc(F)ccc34)CC2)Cc2sccc21.